The van der Waals surface area contributed by atoms with E-state index in [2.05, 4.69) is 5.32 Å². The topological polar surface area (TPSA) is 58.4 Å². The first kappa shape index (κ1) is 15.9. The van der Waals surface area contributed by atoms with E-state index in [4.69, 9.17) is 28.9 Å². The lowest BCUT2D eigenvalue weighted by atomic mass is 10.2. The molecule has 0 aliphatic carbocycles. The lowest BCUT2D eigenvalue weighted by Crippen LogP contribution is -2.37. The van der Waals surface area contributed by atoms with Crippen LogP contribution in [-0.4, -0.2) is 26.0 Å². The van der Waals surface area contributed by atoms with E-state index in [0.717, 1.165) is 0 Å². The number of amides is 1. The summed E-state index contributed by atoms with van der Waals surface area (Å²) in [7, 11) is 1.78. The summed E-state index contributed by atoms with van der Waals surface area (Å²) in [6.07, 6.45) is 0. The van der Waals surface area contributed by atoms with Crippen LogP contribution in [-0.2, 0) is 4.79 Å². The van der Waals surface area contributed by atoms with Crippen LogP contribution in [0.2, 0.25) is 10.0 Å². The predicted octanol–water partition coefficient (Wildman–Crippen LogP) is 2.78. The summed E-state index contributed by atoms with van der Waals surface area (Å²) in [4.78, 5) is 13.5. The Hall–Kier alpha value is -1.13. The van der Waals surface area contributed by atoms with Gasteiger partial charge >= 0.3 is 0 Å². The molecule has 0 aliphatic rings. The standard InChI is InChI=1S/C13H19Cl2N3O/c1-8(2)6-17-13(19)7-18(3)12-5-10(15)9(14)4-11(12)16/h4-5,8H,6-7,16H2,1-3H3,(H,17,19). The van der Waals surface area contributed by atoms with Crippen molar-refractivity contribution >= 4 is 40.5 Å². The number of nitrogens with one attached hydrogen (secondary N) is 1. The Morgan fingerprint density at radius 3 is 2.53 bits per heavy atom. The molecule has 0 bridgehead atoms. The Labute approximate surface area is 123 Å². The number of nitrogen functional groups attached to an aromatic ring is 1. The molecule has 0 aliphatic heterocycles. The van der Waals surface area contributed by atoms with Gasteiger partial charge in [-0.3, -0.25) is 4.79 Å². The zero-order valence-electron chi connectivity index (χ0n) is 11.3. The number of hydrogen-bond acceptors (Lipinski definition) is 3. The average molecular weight is 304 g/mol. The Balaban J connectivity index is 2.70. The van der Waals surface area contributed by atoms with Crippen LogP contribution >= 0.6 is 23.2 Å². The molecule has 0 aromatic heterocycles. The fourth-order valence-corrected chi connectivity index (χ4v) is 1.89. The number of nitrogens with zero attached hydrogens (tertiary/aromatic N) is 1. The van der Waals surface area contributed by atoms with Gasteiger partial charge < -0.3 is 16.0 Å². The second kappa shape index (κ2) is 6.87. The predicted molar refractivity (Wildman–Crippen MR) is 82.0 cm³/mol. The highest BCUT2D eigenvalue weighted by Crippen LogP contribution is 2.32. The maximum atomic E-state index is 11.7. The Kier molecular flexibility index (Phi) is 5.76. The molecule has 106 valence electrons. The molecule has 19 heavy (non-hydrogen) atoms. The van der Waals surface area contributed by atoms with E-state index in [0.29, 0.717) is 33.9 Å². The first-order valence-electron chi connectivity index (χ1n) is 6.03. The van der Waals surface area contributed by atoms with Crippen LogP contribution in [0.25, 0.3) is 0 Å². The SMILES string of the molecule is CC(C)CNC(=O)CN(C)c1cc(Cl)c(Cl)cc1N. The van der Waals surface area contributed by atoms with Gasteiger partial charge in [-0.2, -0.15) is 0 Å². The van der Waals surface area contributed by atoms with Crippen LogP contribution in [0.3, 0.4) is 0 Å². The minimum Gasteiger partial charge on any atom is -0.397 e. The van der Waals surface area contributed by atoms with Gasteiger partial charge in [-0.15, -0.1) is 0 Å². The van der Waals surface area contributed by atoms with Crippen LogP contribution in [0.4, 0.5) is 11.4 Å². The summed E-state index contributed by atoms with van der Waals surface area (Å²) < 4.78 is 0. The highest BCUT2D eigenvalue weighted by molar-refractivity contribution is 6.42. The lowest BCUT2D eigenvalue weighted by Gasteiger charge is -2.21. The second-order valence-electron chi connectivity index (χ2n) is 4.88. The number of likely N-dealkylation sites (N-methyl/N-ethyl adjacent to an activating group) is 1. The number of anilines is 2. The fraction of sp³-hybridized carbons (Fsp3) is 0.462. The highest BCUT2D eigenvalue weighted by atomic mass is 35.5. The van der Waals surface area contributed by atoms with Crippen molar-refractivity contribution in [1.82, 2.24) is 5.32 Å². The van der Waals surface area contributed by atoms with Gasteiger partial charge in [0, 0.05) is 13.6 Å². The maximum absolute atomic E-state index is 11.7. The van der Waals surface area contributed by atoms with E-state index in [1.54, 1.807) is 24.1 Å². The molecule has 0 heterocycles. The summed E-state index contributed by atoms with van der Waals surface area (Å²) in [6.45, 7) is 4.96. The number of rotatable bonds is 5. The van der Waals surface area contributed by atoms with Crippen molar-refractivity contribution in [3.8, 4) is 0 Å². The summed E-state index contributed by atoms with van der Waals surface area (Å²) in [5.74, 6) is 0.367. The molecular weight excluding hydrogens is 285 g/mol. The zero-order valence-corrected chi connectivity index (χ0v) is 12.8. The molecule has 1 aromatic carbocycles. The highest BCUT2D eigenvalue weighted by Gasteiger charge is 2.12. The van der Waals surface area contributed by atoms with E-state index in [-0.39, 0.29) is 12.5 Å². The van der Waals surface area contributed by atoms with Gasteiger partial charge in [0.15, 0.2) is 0 Å². The molecule has 3 N–H and O–H groups in total. The normalized spacial score (nSPS) is 10.6. The number of halogens is 2. The number of carbonyl (C=O) groups excluding carboxylic acids is 1. The van der Waals surface area contributed by atoms with Gasteiger partial charge in [-0.05, 0) is 18.1 Å². The van der Waals surface area contributed by atoms with E-state index in [9.17, 15) is 4.79 Å². The van der Waals surface area contributed by atoms with Gasteiger partial charge in [-0.25, -0.2) is 0 Å². The fourth-order valence-electron chi connectivity index (χ4n) is 1.56. The van der Waals surface area contributed by atoms with Crippen molar-refractivity contribution in [2.45, 2.75) is 13.8 Å². The molecule has 1 rings (SSSR count). The monoisotopic (exact) mass is 303 g/mol. The van der Waals surface area contributed by atoms with Gasteiger partial charge in [0.25, 0.3) is 0 Å². The third-order valence-corrected chi connectivity index (χ3v) is 3.29. The molecule has 0 spiro atoms. The summed E-state index contributed by atoms with van der Waals surface area (Å²) in [5, 5.41) is 3.67. The Morgan fingerprint density at radius 2 is 1.95 bits per heavy atom. The molecule has 0 saturated heterocycles. The summed E-state index contributed by atoms with van der Waals surface area (Å²) in [6, 6.07) is 3.25. The third kappa shape index (κ3) is 4.80. The molecule has 1 aromatic rings. The first-order chi connectivity index (χ1) is 8.81. The number of hydrogen-bond donors (Lipinski definition) is 2. The molecule has 0 radical (unpaired) electrons. The minimum absolute atomic E-state index is 0.0540. The molecule has 0 unspecified atom stereocenters. The van der Waals surface area contributed by atoms with Crippen molar-refractivity contribution < 1.29 is 4.79 Å². The molecule has 1 amide bonds. The van der Waals surface area contributed by atoms with Crippen molar-refractivity contribution in [3.63, 3.8) is 0 Å². The van der Waals surface area contributed by atoms with Gasteiger partial charge in [0.2, 0.25) is 5.91 Å². The van der Waals surface area contributed by atoms with Crippen molar-refractivity contribution in [3.05, 3.63) is 22.2 Å². The lowest BCUT2D eigenvalue weighted by molar-refractivity contribution is -0.119. The van der Waals surface area contributed by atoms with Crippen molar-refractivity contribution in [2.24, 2.45) is 5.92 Å². The molecule has 6 heteroatoms. The molecule has 4 nitrogen and oxygen atoms in total. The van der Waals surface area contributed by atoms with Crippen LogP contribution in [0.1, 0.15) is 13.8 Å². The maximum Gasteiger partial charge on any atom is 0.239 e. The zero-order chi connectivity index (χ0) is 14.6. The third-order valence-electron chi connectivity index (χ3n) is 2.57. The van der Waals surface area contributed by atoms with Gasteiger partial charge in [-0.1, -0.05) is 37.0 Å². The van der Waals surface area contributed by atoms with E-state index in [1.807, 2.05) is 13.8 Å². The van der Waals surface area contributed by atoms with E-state index in [1.165, 1.54) is 0 Å². The average Bonchev–Trinajstić information content (AvgIpc) is 2.31. The Morgan fingerprint density at radius 1 is 1.37 bits per heavy atom. The first-order valence-corrected chi connectivity index (χ1v) is 6.79. The quantitative estimate of drug-likeness (QED) is 0.822. The van der Waals surface area contributed by atoms with Gasteiger partial charge in [0.05, 0.1) is 28.0 Å². The van der Waals surface area contributed by atoms with Crippen LogP contribution in [0.5, 0.6) is 0 Å². The van der Waals surface area contributed by atoms with Crippen LogP contribution < -0.4 is 16.0 Å². The molecule has 0 saturated carbocycles. The van der Waals surface area contributed by atoms with Crippen LogP contribution in [0.15, 0.2) is 12.1 Å². The smallest absolute Gasteiger partial charge is 0.239 e. The number of benzene rings is 1. The van der Waals surface area contributed by atoms with E-state index < -0.39 is 0 Å². The van der Waals surface area contributed by atoms with Gasteiger partial charge in [0.1, 0.15) is 0 Å². The van der Waals surface area contributed by atoms with Crippen molar-refractivity contribution in [2.75, 3.05) is 30.8 Å². The number of carbonyl (C=O) groups is 1. The van der Waals surface area contributed by atoms with Crippen molar-refractivity contribution in [1.29, 1.82) is 0 Å². The molecule has 0 fully saturated rings. The number of nitrogens with two attached hydrogens (primary N) is 1. The summed E-state index contributed by atoms with van der Waals surface area (Å²) >= 11 is 11.8. The molecule has 0 atom stereocenters. The van der Waals surface area contributed by atoms with Crippen LogP contribution in [0, 0.1) is 5.92 Å². The van der Waals surface area contributed by atoms with E-state index >= 15 is 0 Å². The molecular formula is C13H19Cl2N3O. The minimum atomic E-state index is -0.0540. The largest absolute Gasteiger partial charge is 0.397 e. The Bertz CT molecular complexity index is 463. The second-order valence-corrected chi connectivity index (χ2v) is 5.69. The summed E-state index contributed by atoms with van der Waals surface area (Å²) in [5.41, 5.74) is 7.06.